The number of benzene rings is 2. The maximum absolute atomic E-state index is 12.9. The van der Waals surface area contributed by atoms with Crippen LogP contribution in [0.5, 0.6) is 0 Å². The van der Waals surface area contributed by atoms with Gasteiger partial charge in [-0.15, -0.1) is 0 Å². The molecule has 0 aliphatic rings. The van der Waals surface area contributed by atoms with Gasteiger partial charge >= 0.3 is 0 Å². The minimum absolute atomic E-state index is 0.181. The van der Waals surface area contributed by atoms with Crippen molar-refractivity contribution in [3.63, 3.8) is 0 Å². The molecule has 0 saturated carbocycles. The molecule has 1 N–H and O–H groups in total. The van der Waals surface area contributed by atoms with Crippen molar-refractivity contribution in [3.8, 4) is 11.3 Å². The molecule has 1 heterocycles. The van der Waals surface area contributed by atoms with E-state index in [1.54, 1.807) is 25.1 Å². The maximum atomic E-state index is 12.9. The van der Waals surface area contributed by atoms with Crippen molar-refractivity contribution in [1.29, 1.82) is 0 Å². The summed E-state index contributed by atoms with van der Waals surface area (Å²) in [6.07, 6.45) is 1.59. The lowest BCUT2D eigenvalue weighted by Crippen LogP contribution is -2.31. The number of rotatable bonds is 7. The third kappa shape index (κ3) is 4.60. The van der Waals surface area contributed by atoms with Gasteiger partial charge in [0.2, 0.25) is 10.0 Å². The van der Waals surface area contributed by atoms with E-state index in [4.69, 9.17) is 4.42 Å². The number of carbonyl (C=O) groups is 1. The van der Waals surface area contributed by atoms with Crippen LogP contribution < -0.4 is 10.7 Å². The zero-order valence-corrected chi connectivity index (χ0v) is 18.0. The Balaban J connectivity index is 1.88. The molecule has 2 aromatic carbocycles. The highest BCUT2D eigenvalue weighted by atomic mass is 32.2. The number of para-hydroxylation sites is 1. The summed E-state index contributed by atoms with van der Waals surface area (Å²) in [5.74, 6) is 0.0525. The van der Waals surface area contributed by atoms with Gasteiger partial charge in [-0.2, -0.15) is 0 Å². The summed E-state index contributed by atoms with van der Waals surface area (Å²) in [5, 5.41) is 3.11. The summed E-state index contributed by atoms with van der Waals surface area (Å²) in [6.45, 7) is 2.29. The first kappa shape index (κ1) is 21.7. The first-order chi connectivity index (χ1) is 14.2. The fourth-order valence-corrected chi connectivity index (χ4v) is 3.58. The van der Waals surface area contributed by atoms with E-state index in [9.17, 15) is 18.0 Å². The van der Waals surface area contributed by atoms with Gasteiger partial charge in [0, 0.05) is 31.3 Å². The molecule has 1 aromatic heterocycles. The Morgan fingerprint density at radius 1 is 1.10 bits per heavy atom. The summed E-state index contributed by atoms with van der Waals surface area (Å²) in [7, 11) is -1.76. The van der Waals surface area contributed by atoms with Crippen LogP contribution in [0.15, 0.2) is 57.7 Å². The number of hydrogen-bond acceptors (Lipinski definition) is 5. The van der Waals surface area contributed by atoms with Crippen molar-refractivity contribution < 1.29 is 17.6 Å². The fraction of sp³-hybridized carbons (Fsp3) is 0.273. The SMILES string of the molecule is Cc1c(-c2ccccc2)oc2c(C(=O)NCCCN(C)S(C)(=O)=O)cccc2c1=O. The molecule has 158 valence electrons. The van der Waals surface area contributed by atoms with Gasteiger partial charge in [-0.1, -0.05) is 36.4 Å². The predicted octanol–water partition coefficient (Wildman–Crippen LogP) is 2.78. The molecule has 0 spiro atoms. The number of hydrogen-bond donors (Lipinski definition) is 1. The molecule has 7 nitrogen and oxygen atoms in total. The highest BCUT2D eigenvalue weighted by Crippen LogP contribution is 2.27. The van der Waals surface area contributed by atoms with Crippen LogP contribution in [-0.4, -0.2) is 45.0 Å². The number of sulfonamides is 1. The summed E-state index contributed by atoms with van der Waals surface area (Å²) >= 11 is 0. The molecule has 0 aliphatic carbocycles. The summed E-state index contributed by atoms with van der Waals surface area (Å²) in [4.78, 5) is 25.6. The van der Waals surface area contributed by atoms with Crippen LogP contribution in [0.1, 0.15) is 22.3 Å². The largest absolute Gasteiger partial charge is 0.455 e. The van der Waals surface area contributed by atoms with Gasteiger partial charge in [-0.3, -0.25) is 9.59 Å². The zero-order chi connectivity index (χ0) is 21.9. The van der Waals surface area contributed by atoms with E-state index in [1.807, 2.05) is 30.3 Å². The van der Waals surface area contributed by atoms with Crippen molar-refractivity contribution in [1.82, 2.24) is 9.62 Å². The highest BCUT2D eigenvalue weighted by Gasteiger charge is 2.18. The molecule has 3 aromatic rings. The minimum atomic E-state index is -3.25. The molecular weight excluding hydrogens is 404 g/mol. The molecule has 1 amide bonds. The molecule has 8 heteroatoms. The van der Waals surface area contributed by atoms with Crippen LogP contribution in [0.4, 0.5) is 0 Å². The van der Waals surface area contributed by atoms with Crippen LogP contribution in [0.3, 0.4) is 0 Å². The maximum Gasteiger partial charge on any atom is 0.255 e. The van der Waals surface area contributed by atoms with Crippen LogP contribution in [-0.2, 0) is 10.0 Å². The Morgan fingerprint density at radius 2 is 1.80 bits per heavy atom. The second-order valence-electron chi connectivity index (χ2n) is 7.13. The first-order valence-corrected chi connectivity index (χ1v) is 11.4. The van der Waals surface area contributed by atoms with Crippen molar-refractivity contribution in [3.05, 3.63) is 69.9 Å². The molecule has 0 fully saturated rings. The van der Waals surface area contributed by atoms with E-state index in [0.29, 0.717) is 29.7 Å². The molecule has 0 aliphatic heterocycles. The summed E-state index contributed by atoms with van der Waals surface area (Å²) < 4.78 is 30.1. The topological polar surface area (TPSA) is 96.7 Å². The lowest BCUT2D eigenvalue weighted by Gasteiger charge is -2.14. The Bertz CT molecular complexity index is 1230. The molecule has 30 heavy (non-hydrogen) atoms. The predicted molar refractivity (Wildman–Crippen MR) is 117 cm³/mol. The van der Waals surface area contributed by atoms with Crippen molar-refractivity contribution in [2.75, 3.05) is 26.4 Å². The first-order valence-electron chi connectivity index (χ1n) is 9.51. The molecule has 0 unspecified atom stereocenters. The van der Waals surface area contributed by atoms with E-state index in [0.717, 1.165) is 11.8 Å². The standard InChI is InChI=1S/C22H24N2O5S/c1-15-19(25)17-11-7-12-18(21(17)29-20(15)16-9-5-4-6-10-16)22(26)23-13-8-14-24(2)30(3,27)28/h4-7,9-12H,8,13-14H2,1-3H3,(H,23,26). The smallest absolute Gasteiger partial charge is 0.255 e. The zero-order valence-electron chi connectivity index (χ0n) is 17.1. The van der Waals surface area contributed by atoms with Crippen LogP contribution in [0, 0.1) is 6.92 Å². The van der Waals surface area contributed by atoms with E-state index in [1.165, 1.54) is 11.4 Å². The Hall–Kier alpha value is -2.97. The molecular formula is C22H24N2O5S. The molecule has 0 radical (unpaired) electrons. The average Bonchev–Trinajstić information content (AvgIpc) is 2.73. The van der Waals surface area contributed by atoms with E-state index < -0.39 is 10.0 Å². The van der Waals surface area contributed by atoms with Gasteiger partial charge in [0.15, 0.2) is 11.0 Å². The van der Waals surface area contributed by atoms with Gasteiger partial charge in [0.25, 0.3) is 5.91 Å². The van der Waals surface area contributed by atoms with E-state index >= 15 is 0 Å². The quantitative estimate of drug-likeness (QED) is 0.584. The number of nitrogens with one attached hydrogen (secondary N) is 1. The van der Waals surface area contributed by atoms with Gasteiger partial charge < -0.3 is 9.73 Å². The Labute approximate surface area is 175 Å². The van der Waals surface area contributed by atoms with Gasteiger partial charge in [-0.05, 0) is 25.5 Å². The van der Waals surface area contributed by atoms with Crippen molar-refractivity contribution in [2.45, 2.75) is 13.3 Å². The van der Waals surface area contributed by atoms with E-state index in [2.05, 4.69) is 5.32 Å². The van der Waals surface area contributed by atoms with Crippen LogP contribution >= 0.6 is 0 Å². The lowest BCUT2D eigenvalue weighted by atomic mass is 10.0. The van der Waals surface area contributed by atoms with Crippen molar-refractivity contribution in [2.24, 2.45) is 0 Å². The minimum Gasteiger partial charge on any atom is -0.455 e. The number of carbonyl (C=O) groups excluding carboxylic acids is 1. The van der Waals surface area contributed by atoms with Gasteiger partial charge in [0.05, 0.1) is 17.2 Å². The number of fused-ring (bicyclic) bond motifs is 1. The highest BCUT2D eigenvalue weighted by molar-refractivity contribution is 7.88. The molecule has 3 rings (SSSR count). The summed E-state index contributed by atoms with van der Waals surface area (Å²) in [5.41, 5.74) is 1.55. The van der Waals surface area contributed by atoms with Gasteiger partial charge in [0.1, 0.15) is 5.76 Å². The second kappa shape index (κ2) is 8.81. The molecule has 0 bridgehead atoms. The summed E-state index contributed by atoms with van der Waals surface area (Å²) in [6, 6.07) is 14.2. The Kier molecular flexibility index (Phi) is 6.38. The fourth-order valence-electron chi connectivity index (χ4n) is 3.12. The number of nitrogens with zero attached hydrogens (tertiary/aromatic N) is 1. The average molecular weight is 429 g/mol. The third-order valence-electron chi connectivity index (χ3n) is 4.93. The van der Waals surface area contributed by atoms with Crippen LogP contribution in [0.2, 0.25) is 0 Å². The van der Waals surface area contributed by atoms with Crippen molar-refractivity contribution >= 4 is 26.9 Å². The molecule has 0 atom stereocenters. The van der Waals surface area contributed by atoms with Crippen LogP contribution in [0.25, 0.3) is 22.3 Å². The lowest BCUT2D eigenvalue weighted by molar-refractivity contribution is 0.0953. The molecule has 0 saturated heterocycles. The van der Waals surface area contributed by atoms with Gasteiger partial charge in [-0.25, -0.2) is 12.7 Å². The Morgan fingerprint density at radius 3 is 2.47 bits per heavy atom. The third-order valence-corrected chi connectivity index (χ3v) is 6.24. The monoisotopic (exact) mass is 428 g/mol. The normalized spacial score (nSPS) is 11.7. The number of amides is 1. The van der Waals surface area contributed by atoms with E-state index in [-0.39, 0.29) is 29.0 Å². The second-order valence-corrected chi connectivity index (χ2v) is 9.22.